The minimum atomic E-state index is -0.279. The number of carbonyl (C=O) groups excluding carboxylic acids is 2. The summed E-state index contributed by atoms with van der Waals surface area (Å²) in [5, 5.41) is 4.11. The van der Waals surface area contributed by atoms with Gasteiger partial charge in [0.1, 0.15) is 0 Å². The van der Waals surface area contributed by atoms with Crippen molar-refractivity contribution in [3.05, 3.63) is 94.3 Å². The average Bonchev–Trinajstić information content (AvgIpc) is 3.24. The number of imidazole rings is 1. The minimum absolute atomic E-state index is 0.167. The van der Waals surface area contributed by atoms with Crippen molar-refractivity contribution in [3.63, 3.8) is 0 Å². The van der Waals surface area contributed by atoms with Crippen LogP contribution in [0.25, 0.3) is 16.8 Å². The smallest absolute Gasteiger partial charge is 0.309 e. The van der Waals surface area contributed by atoms with Crippen molar-refractivity contribution < 1.29 is 14.3 Å². The molecule has 3 aromatic carbocycles. The van der Waals surface area contributed by atoms with E-state index in [-0.39, 0.29) is 24.1 Å². The van der Waals surface area contributed by atoms with Crippen LogP contribution in [0.15, 0.2) is 72.0 Å². The van der Waals surface area contributed by atoms with Crippen molar-refractivity contribution in [2.45, 2.75) is 32.3 Å². The largest absolute Gasteiger partial charge is 0.469 e. The highest BCUT2D eigenvalue weighted by molar-refractivity contribution is 7.99. The first kappa shape index (κ1) is 26.5. The van der Waals surface area contributed by atoms with Crippen LogP contribution in [-0.4, -0.2) is 34.3 Å². The van der Waals surface area contributed by atoms with Crippen molar-refractivity contribution in [1.29, 1.82) is 0 Å². The van der Waals surface area contributed by atoms with Gasteiger partial charge >= 0.3 is 5.97 Å². The second kappa shape index (κ2) is 11.7. The number of ether oxygens (including phenoxy) is 1. The number of rotatable bonds is 8. The number of nitrogens with zero attached hydrogens (tertiary/aromatic N) is 2. The van der Waals surface area contributed by atoms with Gasteiger partial charge in [-0.05, 0) is 61.2 Å². The summed E-state index contributed by atoms with van der Waals surface area (Å²) in [6, 6.07) is 19.4. The highest BCUT2D eigenvalue weighted by atomic mass is 35.5. The molecule has 6 nitrogen and oxygen atoms in total. The van der Waals surface area contributed by atoms with E-state index in [2.05, 4.69) is 46.9 Å². The summed E-state index contributed by atoms with van der Waals surface area (Å²) < 4.78 is 6.78. The Kier molecular flexibility index (Phi) is 8.36. The second-order valence-corrected chi connectivity index (χ2v) is 10.1. The van der Waals surface area contributed by atoms with Crippen LogP contribution in [0.5, 0.6) is 0 Å². The Balaban J connectivity index is 1.41. The van der Waals surface area contributed by atoms with Crippen LogP contribution in [0.3, 0.4) is 0 Å². The third kappa shape index (κ3) is 6.42. The number of aromatic nitrogens is 2. The SMILES string of the molecule is COC(=O)Cc1ccc(-c2ccc(NC(=O)CSc3ncc(C)n3-c3ccc(C)cc3C)c(Cl)c2)cc1. The van der Waals surface area contributed by atoms with Crippen LogP contribution in [-0.2, 0) is 20.7 Å². The molecule has 0 aliphatic heterocycles. The Hall–Kier alpha value is -3.55. The minimum Gasteiger partial charge on any atom is -0.469 e. The van der Waals surface area contributed by atoms with Crippen molar-refractivity contribution in [1.82, 2.24) is 9.55 Å². The fourth-order valence-corrected chi connectivity index (χ4v) is 5.09. The summed E-state index contributed by atoms with van der Waals surface area (Å²) >= 11 is 7.88. The molecule has 1 aromatic heterocycles. The van der Waals surface area contributed by atoms with Gasteiger partial charge in [0.25, 0.3) is 0 Å². The Morgan fingerprint density at radius 1 is 1.00 bits per heavy atom. The molecule has 0 aliphatic carbocycles. The Labute approximate surface area is 226 Å². The summed E-state index contributed by atoms with van der Waals surface area (Å²) in [6.07, 6.45) is 2.04. The molecule has 4 aromatic rings. The molecule has 0 fully saturated rings. The van der Waals surface area contributed by atoms with Gasteiger partial charge in [0.15, 0.2) is 5.16 Å². The molecular formula is C29H28ClN3O3S. The number of carbonyl (C=O) groups is 2. The molecular weight excluding hydrogens is 506 g/mol. The molecule has 0 radical (unpaired) electrons. The molecule has 8 heteroatoms. The molecule has 0 bridgehead atoms. The number of methoxy groups -OCH3 is 1. The zero-order chi connectivity index (χ0) is 26.5. The maximum absolute atomic E-state index is 12.7. The van der Waals surface area contributed by atoms with Crippen molar-refractivity contribution in [2.24, 2.45) is 0 Å². The van der Waals surface area contributed by atoms with Crippen LogP contribution >= 0.6 is 23.4 Å². The number of halogens is 1. The molecule has 0 saturated carbocycles. The lowest BCUT2D eigenvalue weighted by Crippen LogP contribution is -2.15. The van der Waals surface area contributed by atoms with Crippen LogP contribution in [0.2, 0.25) is 5.02 Å². The Morgan fingerprint density at radius 2 is 1.73 bits per heavy atom. The van der Waals surface area contributed by atoms with Gasteiger partial charge in [0.05, 0.1) is 35.7 Å². The lowest BCUT2D eigenvalue weighted by molar-refractivity contribution is -0.139. The monoisotopic (exact) mass is 533 g/mol. The van der Waals surface area contributed by atoms with Gasteiger partial charge in [0, 0.05) is 11.9 Å². The van der Waals surface area contributed by atoms with Gasteiger partial charge in [-0.15, -0.1) is 0 Å². The molecule has 1 amide bonds. The van der Waals surface area contributed by atoms with Crippen molar-refractivity contribution in [3.8, 4) is 16.8 Å². The van der Waals surface area contributed by atoms with E-state index in [4.69, 9.17) is 16.3 Å². The van der Waals surface area contributed by atoms with E-state index in [0.717, 1.165) is 38.8 Å². The standard InChI is InChI=1S/C29H28ClN3O3S/c1-18-5-12-26(19(2)13-18)33-20(3)16-31-29(33)37-17-27(34)32-25-11-10-23(15-24(25)30)22-8-6-21(7-9-22)14-28(35)36-4/h5-13,15-16H,14,17H2,1-4H3,(H,32,34). The number of benzene rings is 3. The summed E-state index contributed by atoms with van der Waals surface area (Å²) in [5.41, 5.74) is 7.70. The zero-order valence-electron chi connectivity index (χ0n) is 21.2. The number of aryl methyl sites for hydroxylation is 3. The zero-order valence-corrected chi connectivity index (χ0v) is 22.7. The number of esters is 1. The summed E-state index contributed by atoms with van der Waals surface area (Å²) in [4.78, 5) is 28.7. The number of hydrogen-bond acceptors (Lipinski definition) is 5. The Morgan fingerprint density at radius 3 is 2.41 bits per heavy atom. The summed E-state index contributed by atoms with van der Waals surface area (Å²) in [5.74, 6) is -0.251. The van der Waals surface area contributed by atoms with E-state index in [1.54, 1.807) is 6.07 Å². The van der Waals surface area contributed by atoms with E-state index in [1.165, 1.54) is 24.4 Å². The number of anilines is 1. The molecule has 190 valence electrons. The summed E-state index contributed by atoms with van der Waals surface area (Å²) in [7, 11) is 1.37. The van der Waals surface area contributed by atoms with Gasteiger partial charge in [-0.25, -0.2) is 4.98 Å². The first-order valence-corrected chi connectivity index (χ1v) is 13.1. The molecule has 0 unspecified atom stereocenters. The fraction of sp³-hybridized carbons (Fsp3) is 0.207. The normalized spacial score (nSPS) is 10.8. The van der Waals surface area contributed by atoms with Gasteiger partial charge in [-0.2, -0.15) is 0 Å². The summed E-state index contributed by atoms with van der Waals surface area (Å²) in [6.45, 7) is 6.15. The van der Waals surface area contributed by atoms with Crippen molar-refractivity contribution in [2.75, 3.05) is 18.2 Å². The Bertz CT molecular complexity index is 1450. The second-order valence-electron chi connectivity index (χ2n) is 8.79. The molecule has 37 heavy (non-hydrogen) atoms. The molecule has 0 saturated heterocycles. The van der Waals surface area contributed by atoms with Crippen LogP contribution in [0, 0.1) is 20.8 Å². The van der Waals surface area contributed by atoms with E-state index in [0.29, 0.717) is 10.7 Å². The predicted octanol–water partition coefficient (Wildman–Crippen LogP) is 6.56. The maximum Gasteiger partial charge on any atom is 0.309 e. The predicted molar refractivity (Wildman–Crippen MR) is 150 cm³/mol. The number of nitrogens with one attached hydrogen (secondary N) is 1. The van der Waals surface area contributed by atoms with E-state index in [9.17, 15) is 9.59 Å². The lowest BCUT2D eigenvalue weighted by Gasteiger charge is -2.13. The van der Waals surface area contributed by atoms with Crippen LogP contribution in [0.4, 0.5) is 5.69 Å². The topological polar surface area (TPSA) is 73.2 Å². The molecule has 4 rings (SSSR count). The van der Waals surface area contributed by atoms with Gasteiger partial charge < -0.3 is 10.1 Å². The number of amides is 1. The molecule has 1 heterocycles. The van der Waals surface area contributed by atoms with Gasteiger partial charge in [-0.1, -0.05) is 71.4 Å². The van der Waals surface area contributed by atoms with E-state index >= 15 is 0 Å². The maximum atomic E-state index is 12.7. The third-order valence-corrected chi connectivity index (χ3v) is 7.20. The quantitative estimate of drug-likeness (QED) is 0.205. The average molecular weight is 534 g/mol. The highest BCUT2D eigenvalue weighted by Gasteiger charge is 2.15. The third-order valence-electron chi connectivity index (χ3n) is 5.94. The number of hydrogen-bond donors (Lipinski definition) is 1. The van der Waals surface area contributed by atoms with Crippen molar-refractivity contribution >= 4 is 40.9 Å². The molecule has 0 aliphatic rings. The molecule has 0 atom stereocenters. The van der Waals surface area contributed by atoms with Crippen LogP contribution in [0.1, 0.15) is 22.4 Å². The fourth-order valence-electron chi connectivity index (χ4n) is 4.03. The first-order valence-electron chi connectivity index (χ1n) is 11.8. The van der Waals surface area contributed by atoms with Gasteiger partial charge in [-0.3, -0.25) is 14.2 Å². The van der Waals surface area contributed by atoms with E-state index in [1.807, 2.05) is 49.5 Å². The first-order chi connectivity index (χ1) is 17.7. The van der Waals surface area contributed by atoms with E-state index < -0.39 is 0 Å². The molecule has 0 spiro atoms. The molecule has 1 N–H and O–H groups in total. The lowest BCUT2D eigenvalue weighted by atomic mass is 10.0. The highest BCUT2D eigenvalue weighted by Crippen LogP contribution is 2.30. The van der Waals surface area contributed by atoms with Gasteiger partial charge in [0.2, 0.25) is 5.91 Å². The number of thioether (sulfide) groups is 1. The van der Waals surface area contributed by atoms with Crippen LogP contribution < -0.4 is 5.32 Å².